The lowest BCUT2D eigenvalue weighted by molar-refractivity contribution is 0.840. The SMILES string of the molecule is NCCc1c[nH]n(-c2ccccc2Br)c1=O. The molecule has 1 aromatic heterocycles. The summed E-state index contributed by atoms with van der Waals surface area (Å²) in [6, 6.07) is 7.55. The van der Waals surface area contributed by atoms with Crippen molar-refractivity contribution in [1.29, 1.82) is 0 Å². The van der Waals surface area contributed by atoms with E-state index in [0.29, 0.717) is 18.5 Å². The molecule has 0 unspecified atom stereocenters. The van der Waals surface area contributed by atoms with E-state index in [1.165, 1.54) is 4.68 Å². The predicted octanol–water partition coefficient (Wildman–Crippen LogP) is 1.43. The van der Waals surface area contributed by atoms with Crippen LogP contribution >= 0.6 is 15.9 Å². The van der Waals surface area contributed by atoms with Crippen LogP contribution in [0.3, 0.4) is 0 Å². The van der Waals surface area contributed by atoms with Crippen LogP contribution in [0.15, 0.2) is 39.7 Å². The molecule has 0 saturated heterocycles. The quantitative estimate of drug-likeness (QED) is 0.894. The molecule has 2 aromatic rings. The number of nitrogens with one attached hydrogen (secondary N) is 1. The van der Waals surface area contributed by atoms with Crippen molar-refractivity contribution in [3.05, 3.63) is 50.9 Å². The van der Waals surface area contributed by atoms with E-state index in [9.17, 15) is 4.79 Å². The van der Waals surface area contributed by atoms with E-state index in [2.05, 4.69) is 21.0 Å². The van der Waals surface area contributed by atoms with Crippen molar-refractivity contribution in [2.75, 3.05) is 6.54 Å². The predicted molar refractivity (Wildman–Crippen MR) is 66.8 cm³/mol. The van der Waals surface area contributed by atoms with Crippen molar-refractivity contribution in [2.24, 2.45) is 5.73 Å². The van der Waals surface area contributed by atoms with E-state index in [1.54, 1.807) is 6.20 Å². The van der Waals surface area contributed by atoms with Gasteiger partial charge < -0.3 is 5.73 Å². The minimum atomic E-state index is -0.0441. The zero-order valence-electron chi connectivity index (χ0n) is 8.61. The van der Waals surface area contributed by atoms with E-state index >= 15 is 0 Å². The smallest absolute Gasteiger partial charge is 0.274 e. The molecule has 3 N–H and O–H groups in total. The summed E-state index contributed by atoms with van der Waals surface area (Å²) in [7, 11) is 0. The Balaban J connectivity index is 2.50. The summed E-state index contributed by atoms with van der Waals surface area (Å²) in [4.78, 5) is 12.0. The highest BCUT2D eigenvalue weighted by Crippen LogP contribution is 2.18. The number of H-pyrrole nitrogens is 1. The van der Waals surface area contributed by atoms with E-state index in [4.69, 9.17) is 5.73 Å². The summed E-state index contributed by atoms with van der Waals surface area (Å²) in [5, 5.41) is 2.93. The average Bonchev–Trinajstić information content (AvgIpc) is 2.62. The number of aromatic nitrogens is 2. The molecule has 0 amide bonds. The lowest BCUT2D eigenvalue weighted by Gasteiger charge is -2.03. The molecule has 4 nitrogen and oxygen atoms in total. The molecule has 1 heterocycles. The van der Waals surface area contributed by atoms with Gasteiger partial charge in [0.15, 0.2) is 0 Å². The molecule has 2 rings (SSSR count). The van der Waals surface area contributed by atoms with Gasteiger partial charge in [0.2, 0.25) is 0 Å². The monoisotopic (exact) mass is 281 g/mol. The van der Waals surface area contributed by atoms with Gasteiger partial charge in [0, 0.05) is 16.2 Å². The van der Waals surface area contributed by atoms with Crippen LogP contribution in [0.2, 0.25) is 0 Å². The molecule has 0 saturated carbocycles. The molecular formula is C11H12BrN3O. The van der Waals surface area contributed by atoms with E-state index in [0.717, 1.165) is 10.2 Å². The Hall–Kier alpha value is -1.33. The van der Waals surface area contributed by atoms with Crippen molar-refractivity contribution in [1.82, 2.24) is 9.78 Å². The van der Waals surface area contributed by atoms with Gasteiger partial charge in [-0.15, -0.1) is 0 Å². The number of hydrogen-bond acceptors (Lipinski definition) is 2. The maximum atomic E-state index is 12.0. The van der Waals surface area contributed by atoms with Gasteiger partial charge in [-0.1, -0.05) is 12.1 Å². The Morgan fingerprint density at radius 2 is 2.12 bits per heavy atom. The third-order valence-corrected chi connectivity index (χ3v) is 3.02. The number of rotatable bonds is 3. The van der Waals surface area contributed by atoms with Gasteiger partial charge in [-0.05, 0) is 41.0 Å². The standard InChI is InChI=1S/C11H12BrN3O/c12-9-3-1-2-4-10(9)15-11(16)8(5-6-13)7-14-15/h1-4,7,14H,5-6,13H2. The van der Waals surface area contributed by atoms with Crippen LogP contribution in [0.1, 0.15) is 5.56 Å². The van der Waals surface area contributed by atoms with Crippen LogP contribution in [0.5, 0.6) is 0 Å². The average molecular weight is 282 g/mol. The number of aromatic amines is 1. The van der Waals surface area contributed by atoms with Gasteiger partial charge >= 0.3 is 0 Å². The minimum absolute atomic E-state index is 0.0441. The van der Waals surface area contributed by atoms with Gasteiger partial charge in [0.1, 0.15) is 0 Å². The summed E-state index contributed by atoms with van der Waals surface area (Å²) >= 11 is 3.41. The molecule has 0 aliphatic heterocycles. The van der Waals surface area contributed by atoms with Gasteiger partial charge in [-0.3, -0.25) is 9.89 Å². The van der Waals surface area contributed by atoms with Crippen LogP contribution < -0.4 is 11.3 Å². The Kier molecular flexibility index (Phi) is 3.26. The zero-order valence-corrected chi connectivity index (χ0v) is 10.2. The summed E-state index contributed by atoms with van der Waals surface area (Å²) < 4.78 is 2.38. The molecule has 0 spiro atoms. The molecule has 0 radical (unpaired) electrons. The van der Waals surface area contributed by atoms with Crippen molar-refractivity contribution < 1.29 is 0 Å². The fourth-order valence-electron chi connectivity index (χ4n) is 1.55. The molecule has 0 atom stereocenters. The van der Waals surface area contributed by atoms with Crippen LogP contribution in [-0.4, -0.2) is 16.3 Å². The number of benzene rings is 1. The second-order valence-corrected chi connectivity index (χ2v) is 4.28. The van der Waals surface area contributed by atoms with Crippen molar-refractivity contribution >= 4 is 15.9 Å². The molecule has 84 valence electrons. The first-order valence-electron chi connectivity index (χ1n) is 4.98. The normalized spacial score (nSPS) is 10.6. The molecule has 16 heavy (non-hydrogen) atoms. The highest BCUT2D eigenvalue weighted by Gasteiger charge is 2.08. The second-order valence-electron chi connectivity index (χ2n) is 3.43. The lowest BCUT2D eigenvalue weighted by Crippen LogP contribution is -2.19. The van der Waals surface area contributed by atoms with Gasteiger partial charge in [-0.25, -0.2) is 4.68 Å². The number of nitrogens with zero attached hydrogens (tertiary/aromatic N) is 1. The fraction of sp³-hybridized carbons (Fsp3) is 0.182. The summed E-state index contributed by atoms with van der Waals surface area (Å²) in [5.74, 6) is 0. The summed E-state index contributed by atoms with van der Waals surface area (Å²) in [5.41, 5.74) is 6.90. The van der Waals surface area contributed by atoms with Gasteiger partial charge in [-0.2, -0.15) is 0 Å². The van der Waals surface area contributed by atoms with Gasteiger partial charge in [0.25, 0.3) is 5.56 Å². The van der Waals surface area contributed by atoms with Crippen LogP contribution in [0.4, 0.5) is 0 Å². The molecule has 0 fully saturated rings. The summed E-state index contributed by atoms with van der Waals surface area (Å²) in [6.45, 7) is 0.475. The van der Waals surface area contributed by atoms with Crippen molar-refractivity contribution in [3.63, 3.8) is 0 Å². The van der Waals surface area contributed by atoms with Crippen LogP contribution in [0.25, 0.3) is 5.69 Å². The third-order valence-electron chi connectivity index (χ3n) is 2.35. The number of hydrogen-bond donors (Lipinski definition) is 2. The number of halogens is 1. The molecule has 0 bridgehead atoms. The zero-order chi connectivity index (χ0) is 11.5. The van der Waals surface area contributed by atoms with E-state index < -0.39 is 0 Å². The number of nitrogens with two attached hydrogens (primary N) is 1. The second kappa shape index (κ2) is 4.67. The van der Waals surface area contributed by atoms with Crippen molar-refractivity contribution in [2.45, 2.75) is 6.42 Å². The van der Waals surface area contributed by atoms with E-state index in [-0.39, 0.29) is 5.56 Å². The van der Waals surface area contributed by atoms with E-state index in [1.807, 2.05) is 24.3 Å². The Morgan fingerprint density at radius 1 is 1.38 bits per heavy atom. The molecular weight excluding hydrogens is 270 g/mol. The first-order valence-corrected chi connectivity index (χ1v) is 5.77. The fourth-order valence-corrected chi connectivity index (χ4v) is 2.02. The number of para-hydroxylation sites is 1. The lowest BCUT2D eigenvalue weighted by atomic mass is 10.2. The maximum absolute atomic E-state index is 12.0. The Labute approximate surface area is 101 Å². The topological polar surface area (TPSA) is 63.8 Å². The van der Waals surface area contributed by atoms with Crippen LogP contribution in [-0.2, 0) is 6.42 Å². The molecule has 1 aromatic carbocycles. The highest BCUT2D eigenvalue weighted by molar-refractivity contribution is 9.10. The largest absolute Gasteiger partial charge is 0.330 e. The molecule has 0 aliphatic carbocycles. The van der Waals surface area contributed by atoms with Crippen LogP contribution in [0, 0.1) is 0 Å². The first kappa shape index (κ1) is 11.2. The summed E-state index contributed by atoms with van der Waals surface area (Å²) in [6.07, 6.45) is 2.29. The Bertz CT molecular complexity index is 544. The van der Waals surface area contributed by atoms with Gasteiger partial charge in [0.05, 0.1) is 5.69 Å². The Morgan fingerprint density at radius 3 is 2.81 bits per heavy atom. The highest BCUT2D eigenvalue weighted by atomic mass is 79.9. The first-order chi connectivity index (χ1) is 7.74. The van der Waals surface area contributed by atoms with Crippen molar-refractivity contribution in [3.8, 4) is 5.69 Å². The molecule has 5 heteroatoms. The minimum Gasteiger partial charge on any atom is -0.330 e. The molecule has 0 aliphatic rings. The third kappa shape index (κ3) is 1.96. The maximum Gasteiger partial charge on any atom is 0.274 e.